The number of para-hydroxylation sites is 1. The number of benzene rings is 1. The van der Waals surface area contributed by atoms with Crippen molar-refractivity contribution in [2.45, 2.75) is 12.5 Å². The maximum Gasteiger partial charge on any atom is 0.0762 e. The van der Waals surface area contributed by atoms with Gasteiger partial charge in [0, 0.05) is 17.8 Å². The summed E-state index contributed by atoms with van der Waals surface area (Å²) >= 11 is 6.27. The van der Waals surface area contributed by atoms with Gasteiger partial charge in [0.25, 0.3) is 0 Å². The number of aromatic nitrogens is 2. The molecule has 0 amide bonds. The second kappa shape index (κ2) is 6.20. The lowest BCUT2D eigenvalue weighted by atomic mass is 9.99. The molecule has 1 unspecified atom stereocenters. The van der Waals surface area contributed by atoms with Crippen LogP contribution in [0.2, 0.25) is 5.02 Å². The molecule has 0 saturated heterocycles. The average Bonchev–Trinajstić information content (AvgIpc) is 2.53. The van der Waals surface area contributed by atoms with Gasteiger partial charge in [-0.1, -0.05) is 29.8 Å². The maximum atomic E-state index is 6.27. The minimum Gasteiger partial charge on any atom is -0.311 e. The summed E-state index contributed by atoms with van der Waals surface area (Å²) in [6.45, 7) is 0. The molecule has 21 heavy (non-hydrogen) atoms. The zero-order valence-electron chi connectivity index (χ0n) is 11.8. The Morgan fingerprint density at radius 3 is 2.71 bits per heavy atom. The summed E-state index contributed by atoms with van der Waals surface area (Å²) < 4.78 is 0. The first-order chi connectivity index (χ1) is 10.3. The Labute approximate surface area is 129 Å². The molecule has 0 fully saturated rings. The highest BCUT2D eigenvalue weighted by Gasteiger charge is 2.16. The topological polar surface area (TPSA) is 37.8 Å². The van der Waals surface area contributed by atoms with Crippen LogP contribution < -0.4 is 5.32 Å². The monoisotopic (exact) mass is 297 g/mol. The molecule has 0 bridgehead atoms. The second-order valence-corrected chi connectivity index (χ2v) is 5.31. The molecule has 4 heteroatoms. The standard InChI is InChI=1S/C17H16ClN3/c1-19-16(17-14(18)6-4-9-21-17)11-12-8-10-20-15-7-3-2-5-13(12)15/h2-10,16,19H,11H2,1H3. The van der Waals surface area contributed by atoms with E-state index >= 15 is 0 Å². The quantitative estimate of drug-likeness (QED) is 0.796. The Balaban J connectivity index is 1.98. The molecule has 2 heterocycles. The lowest BCUT2D eigenvalue weighted by molar-refractivity contribution is 0.578. The summed E-state index contributed by atoms with van der Waals surface area (Å²) in [6.07, 6.45) is 4.44. The smallest absolute Gasteiger partial charge is 0.0762 e. The van der Waals surface area contributed by atoms with Gasteiger partial charge in [0.05, 0.1) is 22.3 Å². The van der Waals surface area contributed by atoms with Gasteiger partial charge in [0.1, 0.15) is 0 Å². The highest BCUT2D eigenvalue weighted by Crippen LogP contribution is 2.26. The Morgan fingerprint density at radius 1 is 1.05 bits per heavy atom. The van der Waals surface area contributed by atoms with E-state index in [1.165, 1.54) is 10.9 Å². The molecule has 1 atom stereocenters. The average molecular weight is 298 g/mol. The van der Waals surface area contributed by atoms with Gasteiger partial charge in [0.2, 0.25) is 0 Å². The van der Waals surface area contributed by atoms with E-state index < -0.39 is 0 Å². The highest BCUT2D eigenvalue weighted by molar-refractivity contribution is 6.31. The number of nitrogens with one attached hydrogen (secondary N) is 1. The lowest BCUT2D eigenvalue weighted by Crippen LogP contribution is -2.20. The molecule has 3 rings (SSSR count). The maximum absolute atomic E-state index is 6.27. The third kappa shape index (κ3) is 2.89. The lowest BCUT2D eigenvalue weighted by Gasteiger charge is -2.17. The number of fused-ring (bicyclic) bond motifs is 1. The van der Waals surface area contributed by atoms with Gasteiger partial charge in [-0.25, -0.2) is 0 Å². The van der Waals surface area contributed by atoms with Crippen LogP contribution in [0.5, 0.6) is 0 Å². The Hall–Kier alpha value is -1.97. The molecule has 3 aromatic rings. The molecule has 106 valence electrons. The number of likely N-dealkylation sites (N-methyl/N-ethyl adjacent to an activating group) is 1. The van der Waals surface area contributed by atoms with Crippen LogP contribution in [-0.2, 0) is 6.42 Å². The third-order valence-electron chi connectivity index (χ3n) is 3.63. The van der Waals surface area contributed by atoms with Crippen LogP contribution in [0.4, 0.5) is 0 Å². The fraction of sp³-hybridized carbons (Fsp3) is 0.176. The Kier molecular flexibility index (Phi) is 4.13. The van der Waals surface area contributed by atoms with Crippen molar-refractivity contribution in [2.24, 2.45) is 0 Å². The van der Waals surface area contributed by atoms with Gasteiger partial charge in [-0.3, -0.25) is 9.97 Å². The molecule has 2 aromatic heterocycles. The number of rotatable bonds is 4. The van der Waals surface area contributed by atoms with E-state index in [0.717, 1.165) is 17.6 Å². The summed E-state index contributed by atoms with van der Waals surface area (Å²) in [5, 5.41) is 5.17. The number of pyridine rings is 2. The minimum absolute atomic E-state index is 0.0736. The van der Waals surface area contributed by atoms with Crippen LogP contribution in [0, 0.1) is 0 Å². The SMILES string of the molecule is CNC(Cc1ccnc2ccccc12)c1ncccc1Cl. The van der Waals surface area contributed by atoms with Crippen molar-refractivity contribution in [1.29, 1.82) is 0 Å². The first-order valence-electron chi connectivity index (χ1n) is 6.90. The van der Waals surface area contributed by atoms with Crippen molar-refractivity contribution < 1.29 is 0 Å². The highest BCUT2D eigenvalue weighted by atomic mass is 35.5. The molecule has 0 aliphatic heterocycles. The zero-order valence-corrected chi connectivity index (χ0v) is 12.5. The summed E-state index contributed by atoms with van der Waals surface area (Å²) in [5.74, 6) is 0. The minimum atomic E-state index is 0.0736. The van der Waals surface area contributed by atoms with Gasteiger partial charge in [-0.15, -0.1) is 0 Å². The van der Waals surface area contributed by atoms with E-state index in [0.29, 0.717) is 5.02 Å². The van der Waals surface area contributed by atoms with Crippen molar-refractivity contribution in [3.8, 4) is 0 Å². The van der Waals surface area contributed by atoms with Gasteiger partial charge in [0.15, 0.2) is 0 Å². The van der Waals surface area contributed by atoms with Crippen LogP contribution in [0.1, 0.15) is 17.3 Å². The van der Waals surface area contributed by atoms with Crippen molar-refractivity contribution in [2.75, 3.05) is 7.05 Å². The number of nitrogens with zero attached hydrogens (tertiary/aromatic N) is 2. The van der Waals surface area contributed by atoms with Crippen molar-refractivity contribution >= 4 is 22.5 Å². The van der Waals surface area contributed by atoms with Crippen LogP contribution >= 0.6 is 11.6 Å². The summed E-state index contributed by atoms with van der Waals surface area (Å²) in [6, 6.07) is 14.0. The summed E-state index contributed by atoms with van der Waals surface area (Å²) in [4.78, 5) is 8.82. The van der Waals surface area contributed by atoms with E-state index in [2.05, 4.69) is 27.4 Å². The fourth-order valence-corrected chi connectivity index (χ4v) is 2.80. The van der Waals surface area contributed by atoms with E-state index in [1.54, 1.807) is 6.20 Å². The van der Waals surface area contributed by atoms with E-state index in [1.807, 2.05) is 43.6 Å². The van der Waals surface area contributed by atoms with Gasteiger partial charge in [-0.2, -0.15) is 0 Å². The molecule has 0 saturated carbocycles. The fourth-order valence-electron chi connectivity index (χ4n) is 2.54. The zero-order chi connectivity index (χ0) is 14.7. The van der Waals surface area contributed by atoms with Crippen LogP contribution in [0.15, 0.2) is 54.9 Å². The normalized spacial score (nSPS) is 12.5. The van der Waals surface area contributed by atoms with Crippen LogP contribution in [0.3, 0.4) is 0 Å². The molecule has 1 N–H and O–H groups in total. The predicted molar refractivity (Wildman–Crippen MR) is 86.5 cm³/mol. The largest absolute Gasteiger partial charge is 0.311 e. The molecule has 0 radical (unpaired) electrons. The second-order valence-electron chi connectivity index (χ2n) is 4.90. The van der Waals surface area contributed by atoms with Crippen molar-refractivity contribution in [1.82, 2.24) is 15.3 Å². The van der Waals surface area contributed by atoms with Crippen LogP contribution in [-0.4, -0.2) is 17.0 Å². The Morgan fingerprint density at radius 2 is 1.90 bits per heavy atom. The number of hydrogen-bond acceptors (Lipinski definition) is 3. The van der Waals surface area contributed by atoms with E-state index in [4.69, 9.17) is 11.6 Å². The van der Waals surface area contributed by atoms with Gasteiger partial charge >= 0.3 is 0 Å². The first-order valence-corrected chi connectivity index (χ1v) is 7.27. The van der Waals surface area contributed by atoms with Gasteiger partial charge < -0.3 is 5.32 Å². The molecule has 3 nitrogen and oxygen atoms in total. The molecule has 0 aliphatic carbocycles. The van der Waals surface area contributed by atoms with Crippen molar-refractivity contribution in [3.63, 3.8) is 0 Å². The van der Waals surface area contributed by atoms with E-state index in [-0.39, 0.29) is 6.04 Å². The summed E-state index contributed by atoms with van der Waals surface area (Å²) in [7, 11) is 1.93. The summed E-state index contributed by atoms with van der Waals surface area (Å²) in [5.41, 5.74) is 3.13. The predicted octanol–water partition coefficient (Wildman–Crippen LogP) is 3.79. The molecular weight excluding hydrogens is 282 g/mol. The van der Waals surface area contributed by atoms with Crippen LogP contribution in [0.25, 0.3) is 10.9 Å². The van der Waals surface area contributed by atoms with E-state index in [9.17, 15) is 0 Å². The molecule has 0 spiro atoms. The molecule has 1 aromatic carbocycles. The molecule has 0 aliphatic rings. The third-order valence-corrected chi connectivity index (χ3v) is 3.95. The first kappa shape index (κ1) is 14.0. The Bertz CT molecular complexity index is 752. The molecular formula is C17H16ClN3. The van der Waals surface area contributed by atoms with Crippen molar-refractivity contribution in [3.05, 3.63) is 71.1 Å². The number of halogens is 1. The number of hydrogen-bond donors (Lipinski definition) is 1. The van der Waals surface area contributed by atoms with Gasteiger partial charge in [-0.05, 0) is 43.3 Å².